The molecule has 0 bridgehead atoms. The first-order chi connectivity index (χ1) is 11.3. The topological polar surface area (TPSA) is 46.2 Å². The third-order valence-electron chi connectivity index (χ3n) is 3.85. The Kier molecular flexibility index (Phi) is 5.78. The minimum absolute atomic E-state index is 0.0914. The van der Waals surface area contributed by atoms with Crippen LogP contribution in [0, 0.1) is 0 Å². The Labute approximate surface area is 149 Å². The van der Waals surface area contributed by atoms with Crippen molar-refractivity contribution >= 4 is 23.1 Å². The Morgan fingerprint density at radius 3 is 2.42 bits per heavy atom. The number of aromatic nitrogens is 1. The predicted octanol–water partition coefficient (Wildman–Crippen LogP) is 4.44. The van der Waals surface area contributed by atoms with Crippen molar-refractivity contribution in [3.8, 4) is 5.75 Å². The van der Waals surface area contributed by atoms with Gasteiger partial charge < -0.3 is 15.4 Å². The lowest BCUT2D eigenvalue weighted by Crippen LogP contribution is -2.31. The molecule has 0 aliphatic rings. The first-order valence-electron chi connectivity index (χ1n) is 7.98. The van der Waals surface area contributed by atoms with E-state index in [0.717, 1.165) is 0 Å². The van der Waals surface area contributed by atoms with Crippen LogP contribution in [0.1, 0.15) is 44.9 Å². The van der Waals surface area contributed by atoms with E-state index in [0.29, 0.717) is 16.7 Å². The maximum Gasteiger partial charge on any atom is 0.174 e. The van der Waals surface area contributed by atoms with E-state index < -0.39 is 0 Å². The summed E-state index contributed by atoms with van der Waals surface area (Å²) in [5.74, 6) is 1.26. The van der Waals surface area contributed by atoms with E-state index in [1.54, 1.807) is 13.3 Å². The van der Waals surface area contributed by atoms with Crippen LogP contribution in [0.15, 0.2) is 42.6 Å². The van der Waals surface area contributed by atoms with Crippen molar-refractivity contribution in [2.75, 3.05) is 12.4 Å². The van der Waals surface area contributed by atoms with Gasteiger partial charge in [0.25, 0.3) is 0 Å². The van der Waals surface area contributed by atoms with Gasteiger partial charge in [-0.3, -0.25) is 0 Å². The summed E-state index contributed by atoms with van der Waals surface area (Å²) in [6.45, 7) is 8.71. The molecule has 0 radical (unpaired) electrons. The number of anilines is 1. The quantitative estimate of drug-likeness (QED) is 0.804. The number of nitrogens with one attached hydrogen (secondary N) is 2. The van der Waals surface area contributed by atoms with E-state index in [-0.39, 0.29) is 11.5 Å². The zero-order valence-electron chi connectivity index (χ0n) is 14.9. The number of hydrogen-bond acceptors (Lipinski definition) is 3. The summed E-state index contributed by atoms with van der Waals surface area (Å²) < 4.78 is 5.27. The van der Waals surface area contributed by atoms with Gasteiger partial charge in [0.2, 0.25) is 0 Å². The molecule has 0 fully saturated rings. The molecule has 2 aromatic rings. The van der Waals surface area contributed by atoms with Crippen LogP contribution in [-0.4, -0.2) is 17.2 Å². The molecule has 5 heteroatoms. The number of benzene rings is 1. The second kappa shape index (κ2) is 7.62. The number of rotatable bonds is 4. The predicted molar refractivity (Wildman–Crippen MR) is 104 cm³/mol. The molecule has 24 heavy (non-hydrogen) atoms. The van der Waals surface area contributed by atoms with Crippen molar-refractivity contribution < 1.29 is 4.74 Å². The van der Waals surface area contributed by atoms with Crippen molar-refractivity contribution in [3.05, 3.63) is 53.7 Å². The first kappa shape index (κ1) is 18.2. The van der Waals surface area contributed by atoms with E-state index in [2.05, 4.69) is 67.6 Å². The standard InChI is InChI=1S/C19H25N3OS/c1-13(14-8-10-15(11-9-14)19(2,3)4)21-18(24)22-17-16(23-5)7-6-12-20-17/h6-13H,1-5H3,(H2,20,21,22,24)/t13-/m1/s1. The monoisotopic (exact) mass is 343 g/mol. The number of pyridine rings is 1. The highest BCUT2D eigenvalue weighted by atomic mass is 32.1. The minimum atomic E-state index is 0.0914. The average Bonchev–Trinajstić information content (AvgIpc) is 2.54. The Bertz CT molecular complexity index is 693. The SMILES string of the molecule is COc1cccnc1NC(=S)N[C@H](C)c1ccc(C(C)(C)C)cc1. The third kappa shape index (κ3) is 4.68. The van der Waals surface area contributed by atoms with Crippen molar-refractivity contribution in [1.82, 2.24) is 10.3 Å². The second-order valence-electron chi connectivity index (χ2n) is 6.75. The molecule has 1 atom stereocenters. The fraction of sp³-hybridized carbons (Fsp3) is 0.368. The van der Waals surface area contributed by atoms with Gasteiger partial charge in [0.1, 0.15) is 0 Å². The molecule has 0 saturated carbocycles. The lowest BCUT2D eigenvalue weighted by molar-refractivity contribution is 0.415. The number of thiocarbonyl (C=S) groups is 1. The highest BCUT2D eigenvalue weighted by Gasteiger charge is 2.14. The molecule has 2 N–H and O–H groups in total. The molecule has 0 aliphatic heterocycles. The van der Waals surface area contributed by atoms with Gasteiger partial charge in [-0.2, -0.15) is 0 Å². The molecule has 0 spiro atoms. The zero-order valence-corrected chi connectivity index (χ0v) is 15.7. The van der Waals surface area contributed by atoms with Gasteiger partial charge in [0.15, 0.2) is 16.7 Å². The summed E-state index contributed by atoms with van der Waals surface area (Å²) in [4.78, 5) is 4.24. The summed E-state index contributed by atoms with van der Waals surface area (Å²) in [5.41, 5.74) is 2.65. The van der Waals surface area contributed by atoms with Crippen molar-refractivity contribution in [1.29, 1.82) is 0 Å². The Hall–Kier alpha value is -2.14. The molecular weight excluding hydrogens is 318 g/mol. The van der Waals surface area contributed by atoms with Crippen LogP contribution in [-0.2, 0) is 5.41 Å². The normalized spacial score (nSPS) is 12.4. The van der Waals surface area contributed by atoms with E-state index in [9.17, 15) is 0 Å². The smallest absolute Gasteiger partial charge is 0.174 e. The lowest BCUT2D eigenvalue weighted by atomic mass is 9.86. The molecule has 0 amide bonds. The third-order valence-corrected chi connectivity index (χ3v) is 4.07. The van der Waals surface area contributed by atoms with Crippen LogP contribution in [0.25, 0.3) is 0 Å². The van der Waals surface area contributed by atoms with Crippen LogP contribution in [0.5, 0.6) is 5.75 Å². The molecule has 4 nitrogen and oxygen atoms in total. The van der Waals surface area contributed by atoms with E-state index in [1.807, 2.05) is 12.1 Å². The largest absolute Gasteiger partial charge is 0.493 e. The molecule has 1 aromatic heterocycles. The van der Waals surface area contributed by atoms with Gasteiger partial charge in [-0.05, 0) is 47.8 Å². The molecule has 1 heterocycles. The second-order valence-corrected chi connectivity index (χ2v) is 7.15. The summed E-state index contributed by atoms with van der Waals surface area (Å²) in [5, 5.41) is 6.87. The van der Waals surface area contributed by atoms with Crippen LogP contribution in [0.2, 0.25) is 0 Å². The summed E-state index contributed by atoms with van der Waals surface area (Å²) >= 11 is 5.39. The van der Waals surface area contributed by atoms with Gasteiger partial charge in [0, 0.05) is 6.20 Å². The highest BCUT2D eigenvalue weighted by Crippen LogP contribution is 2.24. The lowest BCUT2D eigenvalue weighted by Gasteiger charge is -2.21. The van der Waals surface area contributed by atoms with Gasteiger partial charge in [-0.25, -0.2) is 4.98 Å². The fourth-order valence-electron chi connectivity index (χ4n) is 2.34. The first-order valence-corrected chi connectivity index (χ1v) is 8.39. The van der Waals surface area contributed by atoms with Crippen molar-refractivity contribution in [2.24, 2.45) is 0 Å². The van der Waals surface area contributed by atoms with Crippen LogP contribution >= 0.6 is 12.2 Å². The van der Waals surface area contributed by atoms with Gasteiger partial charge >= 0.3 is 0 Å². The molecule has 0 aliphatic carbocycles. The van der Waals surface area contributed by atoms with E-state index >= 15 is 0 Å². The molecule has 0 saturated heterocycles. The van der Waals surface area contributed by atoms with Gasteiger partial charge in [-0.1, -0.05) is 45.0 Å². The molecule has 1 aromatic carbocycles. The average molecular weight is 343 g/mol. The van der Waals surface area contributed by atoms with Gasteiger partial charge in [-0.15, -0.1) is 0 Å². The Morgan fingerprint density at radius 1 is 1.17 bits per heavy atom. The van der Waals surface area contributed by atoms with Crippen molar-refractivity contribution in [2.45, 2.75) is 39.2 Å². The highest BCUT2D eigenvalue weighted by molar-refractivity contribution is 7.80. The van der Waals surface area contributed by atoms with E-state index in [4.69, 9.17) is 17.0 Å². The van der Waals surface area contributed by atoms with Gasteiger partial charge in [0.05, 0.1) is 13.2 Å². The Morgan fingerprint density at radius 2 is 1.83 bits per heavy atom. The fourth-order valence-corrected chi connectivity index (χ4v) is 2.62. The number of nitrogens with zero attached hydrogens (tertiary/aromatic N) is 1. The van der Waals surface area contributed by atoms with Crippen molar-refractivity contribution in [3.63, 3.8) is 0 Å². The maximum absolute atomic E-state index is 5.39. The van der Waals surface area contributed by atoms with E-state index in [1.165, 1.54) is 11.1 Å². The van der Waals surface area contributed by atoms with Crippen LogP contribution < -0.4 is 15.4 Å². The minimum Gasteiger partial charge on any atom is -0.493 e. The summed E-state index contributed by atoms with van der Waals surface area (Å²) in [6.07, 6.45) is 1.70. The molecular formula is C19H25N3OS. The summed E-state index contributed by atoms with van der Waals surface area (Å²) in [6, 6.07) is 12.4. The Balaban J connectivity index is 2.01. The molecule has 2 rings (SSSR count). The van der Waals surface area contributed by atoms with Crippen LogP contribution in [0.4, 0.5) is 5.82 Å². The molecule has 128 valence electrons. The number of hydrogen-bond donors (Lipinski definition) is 2. The number of methoxy groups -OCH3 is 1. The molecule has 0 unspecified atom stereocenters. The summed E-state index contributed by atoms with van der Waals surface area (Å²) in [7, 11) is 1.61. The van der Waals surface area contributed by atoms with Crippen LogP contribution in [0.3, 0.4) is 0 Å². The zero-order chi connectivity index (χ0) is 17.7. The maximum atomic E-state index is 5.39. The number of ether oxygens (including phenoxy) is 1.